The van der Waals surface area contributed by atoms with Gasteiger partial charge in [-0.15, -0.1) is 0 Å². The molecule has 1 heterocycles. The zero-order valence-electron chi connectivity index (χ0n) is 11.1. The van der Waals surface area contributed by atoms with Crippen LogP contribution in [-0.4, -0.2) is 27.8 Å². The highest BCUT2D eigenvalue weighted by atomic mass is 16.2. The Labute approximate surface area is 120 Å². The van der Waals surface area contributed by atoms with Crippen molar-refractivity contribution in [2.24, 2.45) is 0 Å². The number of aromatic amines is 1. The van der Waals surface area contributed by atoms with E-state index >= 15 is 0 Å². The second kappa shape index (κ2) is 7.03. The Bertz CT molecular complexity index is 736. The summed E-state index contributed by atoms with van der Waals surface area (Å²) in [7, 11) is 0. The summed E-state index contributed by atoms with van der Waals surface area (Å²) in [4.78, 5) is 22.8. The van der Waals surface area contributed by atoms with E-state index in [1.165, 1.54) is 12.1 Å². The molecule has 0 saturated heterocycles. The fourth-order valence-electron chi connectivity index (χ4n) is 1.56. The number of rotatable bonds is 3. The monoisotopic (exact) mass is 283 g/mol. The lowest BCUT2D eigenvalue weighted by atomic mass is 10.2. The second-order valence-corrected chi connectivity index (χ2v) is 4.12. The van der Waals surface area contributed by atoms with Crippen LogP contribution in [0.5, 0.6) is 0 Å². The molecule has 21 heavy (non-hydrogen) atoms. The molecule has 0 unspecified atom stereocenters. The van der Waals surface area contributed by atoms with Gasteiger partial charge < -0.3 is 10.4 Å². The zero-order valence-corrected chi connectivity index (χ0v) is 11.1. The van der Waals surface area contributed by atoms with Crippen LogP contribution in [0.15, 0.2) is 41.2 Å². The van der Waals surface area contributed by atoms with Gasteiger partial charge in [0.1, 0.15) is 5.69 Å². The Morgan fingerprint density at radius 3 is 2.90 bits per heavy atom. The SMILES string of the molecule is O=C(Nc1cccc(C#CCCO)c1)c1ccc(=O)[nH]n1. The maximum Gasteiger partial charge on any atom is 0.276 e. The smallest absolute Gasteiger partial charge is 0.276 e. The number of nitrogens with one attached hydrogen (secondary N) is 2. The number of hydrogen-bond donors (Lipinski definition) is 3. The van der Waals surface area contributed by atoms with Crippen LogP contribution in [0, 0.1) is 11.8 Å². The highest BCUT2D eigenvalue weighted by molar-refractivity contribution is 6.02. The molecular formula is C15H13N3O3. The van der Waals surface area contributed by atoms with Crippen molar-refractivity contribution in [3.63, 3.8) is 0 Å². The third-order valence-corrected chi connectivity index (χ3v) is 2.50. The van der Waals surface area contributed by atoms with Crippen molar-refractivity contribution in [1.29, 1.82) is 0 Å². The molecule has 0 aliphatic rings. The van der Waals surface area contributed by atoms with Crippen molar-refractivity contribution in [3.05, 3.63) is 58.0 Å². The van der Waals surface area contributed by atoms with Crippen LogP contribution in [0.3, 0.4) is 0 Å². The van der Waals surface area contributed by atoms with Crippen molar-refractivity contribution in [2.45, 2.75) is 6.42 Å². The van der Waals surface area contributed by atoms with Crippen LogP contribution in [0.4, 0.5) is 5.69 Å². The number of hydrogen-bond acceptors (Lipinski definition) is 4. The summed E-state index contributed by atoms with van der Waals surface area (Å²) < 4.78 is 0. The van der Waals surface area contributed by atoms with Crippen molar-refractivity contribution in [1.82, 2.24) is 10.2 Å². The van der Waals surface area contributed by atoms with Gasteiger partial charge in [0.15, 0.2) is 0 Å². The molecule has 6 nitrogen and oxygen atoms in total. The fraction of sp³-hybridized carbons (Fsp3) is 0.133. The maximum atomic E-state index is 11.9. The predicted octanol–water partition coefficient (Wildman–Crippen LogP) is 0.756. The third kappa shape index (κ3) is 4.30. The van der Waals surface area contributed by atoms with Gasteiger partial charge in [-0.05, 0) is 24.3 Å². The first-order chi connectivity index (χ1) is 10.2. The molecular weight excluding hydrogens is 270 g/mol. The minimum atomic E-state index is -0.424. The van der Waals surface area contributed by atoms with Gasteiger partial charge in [-0.3, -0.25) is 9.59 Å². The van der Waals surface area contributed by atoms with E-state index in [0.717, 1.165) is 5.56 Å². The molecule has 1 aromatic carbocycles. The van der Waals surface area contributed by atoms with Crippen LogP contribution in [-0.2, 0) is 0 Å². The Hall–Kier alpha value is -2.91. The fourth-order valence-corrected chi connectivity index (χ4v) is 1.56. The number of carbonyl (C=O) groups is 1. The molecule has 0 spiro atoms. The van der Waals surface area contributed by atoms with Gasteiger partial charge in [-0.2, -0.15) is 5.10 Å². The Kier molecular flexibility index (Phi) is 4.85. The zero-order chi connectivity index (χ0) is 15.1. The number of aliphatic hydroxyl groups is 1. The van der Waals surface area contributed by atoms with E-state index < -0.39 is 5.91 Å². The number of H-pyrrole nitrogens is 1. The summed E-state index contributed by atoms with van der Waals surface area (Å²) in [6.45, 7) is 0.0152. The number of aromatic nitrogens is 2. The average Bonchev–Trinajstić information content (AvgIpc) is 2.48. The summed E-state index contributed by atoms with van der Waals surface area (Å²) in [6, 6.07) is 9.59. The van der Waals surface area contributed by atoms with Crippen molar-refractivity contribution < 1.29 is 9.90 Å². The molecule has 0 bridgehead atoms. The van der Waals surface area contributed by atoms with Crippen molar-refractivity contribution >= 4 is 11.6 Å². The minimum Gasteiger partial charge on any atom is -0.395 e. The van der Waals surface area contributed by atoms with Crippen LogP contribution in [0.2, 0.25) is 0 Å². The van der Waals surface area contributed by atoms with Crippen LogP contribution < -0.4 is 10.9 Å². The largest absolute Gasteiger partial charge is 0.395 e. The molecule has 0 radical (unpaired) electrons. The third-order valence-electron chi connectivity index (χ3n) is 2.50. The molecule has 1 amide bonds. The summed E-state index contributed by atoms with van der Waals surface area (Å²) in [5.41, 5.74) is 1.05. The van der Waals surface area contributed by atoms with E-state index in [1.807, 2.05) is 0 Å². The van der Waals surface area contributed by atoms with E-state index in [0.29, 0.717) is 12.1 Å². The Balaban J connectivity index is 2.11. The van der Waals surface area contributed by atoms with Gasteiger partial charge in [0.05, 0.1) is 6.61 Å². The van der Waals surface area contributed by atoms with Crippen molar-refractivity contribution in [3.8, 4) is 11.8 Å². The van der Waals surface area contributed by atoms with E-state index in [-0.39, 0.29) is 17.9 Å². The highest BCUT2D eigenvalue weighted by Gasteiger charge is 2.07. The number of aliphatic hydroxyl groups excluding tert-OH is 1. The molecule has 0 aliphatic carbocycles. The maximum absolute atomic E-state index is 11.9. The molecule has 6 heteroatoms. The van der Waals surface area contributed by atoms with E-state index in [4.69, 9.17) is 5.11 Å². The van der Waals surface area contributed by atoms with Gasteiger partial charge in [-0.1, -0.05) is 17.9 Å². The highest BCUT2D eigenvalue weighted by Crippen LogP contribution is 2.10. The summed E-state index contributed by atoms with van der Waals surface area (Å²) in [6.07, 6.45) is 0.401. The van der Waals surface area contributed by atoms with Crippen LogP contribution >= 0.6 is 0 Å². The molecule has 0 atom stereocenters. The predicted molar refractivity (Wildman–Crippen MR) is 77.8 cm³/mol. The average molecular weight is 283 g/mol. The summed E-state index contributed by atoms with van der Waals surface area (Å²) in [5.74, 6) is 5.26. The van der Waals surface area contributed by atoms with Gasteiger partial charge in [0.25, 0.3) is 11.5 Å². The first-order valence-corrected chi connectivity index (χ1v) is 6.26. The van der Waals surface area contributed by atoms with Gasteiger partial charge in [-0.25, -0.2) is 5.10 Å². The number of carbonyl (C=O) groups excluding carboxylic acids is 1. The topological polar surface area (TPSA) is 95.1 Å². The molecule has 0 aliphatic heterocycles. The van der Waals surface area contributed by atoms with Crippen molar-refractivity contribution in [2.75, 3.05) is 11.9 Å². The normalized spacial score (nSPS) is 9.57. The van der Waals surface area contributed by atoms with Crippen LogP contribution in [0.1, 0.15) is 22.5 Å². The lowest BCUT2D eigenvalue weighted by Gasteiger charge is -2.04. The molecule has 1 aromatic heterocycles. The summed E-state index contributed by atoms with van der Waals surface area (Å²) >= 11 is 0. The molecule has 3 N–H and O–H groups in total. The molecule has 0 saturated carbocycles. The number of nitrogens with zero attached hydrogens (tertiary/aromatic N) is 1. The lowest BCUT2D eigenvalue weighted by molar-refractivity contribution is 0.102. The van der Waals surface area contributed by atoms with E-state index in [2.05, 4.69) is 27.4 Å². The Morgan fingerprint density at radius 2 is 2.19 bits per heavy atom. The van der Waals surface area contributed by atoms with E-state index in [1.54, 1.807) is 24.3 Å². The molecule has 2 aromatic rings. The quantitative estimate of drug-likeness (QED) is 0.725. The summed E-state index contributed by atoms with van der Waals surface area (Å²) in [5, 5.41) is 17.2. The molecule has 2 rings (SSSR count). The van der Waals surface area contributed by atoms with E-state index in [9.17, 15) is 9.59 Å². The van der Waals surface area contributed by atoms with Gasteiger partial charge in [0.2, 0.25) is 0 Å². The number of amides is 1. The number of benzene rings is 1. The van der Waals surface area contributed by atoms with Gasteiger partial charge in [0, 0.05) is 23.7 Å². The standard InChI is InChI=1S/C15H13N3O3/c19-9-2-1-4-11-5-3-6-12(10-11)16-15(21)13-7-8-14(20)18-17-13/h3,5-8,10,19H,2,9H2,(H,16,21)(H,18,20). The first kappa shape index (κ1) is 14.5. The molecule has 0 fully saturated rings. The Morgan fingerprint density at radius 1 is 1.33 bits per heavy atom. The molecule has 106 valence electrons. The van der Waals surface area contributed by atoms with Gasteiger partial charge >= 0.3 is 0 Å². The minimum absolute atomic E-state index is 0.0152. The lowest BCUT2D eigenvalue weighted by Crippen LogP contribution is -2.17. The second-order valence-electron chi connectivity index (χ2n) is 4.12. The first-order valence-electron chi connectivity index (χ1n) is 6.26. The van der Waals surface area contributed by atoms with Crippen LogP contribution in [0.25, 0.3) is 0 Å². The number of anilines is 1.